The van der Waals surface area contributed by atoms with Crippen molar-refractivity contribution in [1.82, 2.24) is 29.5 Å². The summed E-state index contributed by atoms with van der Waals surface area (Å²) in [5, 5.41) is 18.8. The standard InChI is InChI=1S/C27H32N8O/c1-17-4-5-22-21(14-30-32-22)23(17)35-24(29)20(13-28)19-12-18(2)26(31-25(19)35)36-16-27(6-7-27)15-34-10-8-33(3)9-11-34/h4-5,12,14H,6-11,15-16,29H2,1-3H3,(H,30,32). The van der Waals surface area contributed by atoms with Gasteiger partial charge in [0.2, 0.25) is 5.88 Å². The fraction of sp³-hybridized carbons (Fsp3) is 0.444. The second kappa shape index (κ2) is 8.50. The van der Waals surface area contributed by atoms with E-state index in [0.717, 1.165) is 65.8 Å². The van der Waals surface area contributed by atoms with E-state index in [9.17, 15) is 5.26 Å². The molecule has 9 nitrogen and oxygen atoms in total. The number of aromatic amines is 1. The Bertz CT molecular complexity index is 1500. The van der Waals surface area contributed by atoms with Crippen LogP contribution in [0.25, 0.3) is 27.6 Å². The Morgan fingerprint density at radius 3 is 2.64 bits per heavy atom. The Hall–Kier alpha value is -3.61. The number of fused-ring (bicyclic) bond motifs is 2. The number of pyridine rings is 1. The minimum Gasteiger partial charge on any atom is -0.477 e. The molecule has 2 aliphatic rings. The van der Waals surface area contributed by atoms with Gasteiger partial charge in [0.05, 0.1) is 24.0 Å². The highest BCUT2D eigenvalue weighted by atomic mass is 16.5. The molecule has 1 saturated carbocycles. The van der Waals surface area contributed by atoms with Crippen molar-refractivity contribution in [2.24, 2.45) is 5.41 Å². The summed E-state index contributed by atoms with van der Waals surface area (Å²) in [5.41, 5.74) is 11.5. The Morgan fingerprint density at radius 2 is 1.92 bits per heavy atom. The molecule has 186 valence electrons. The zero-order valence-electron chi connectivity index (χ0n) is 21.1. The number of ether oxygens (including phenoxy) is 1. The van der Waals surface area contributed by atoms with Crippen molar-refractivity contribution in [3.63, 3.8) is 0 Å². The monoisotopic (exact) mass is 484 g/mol. The SMILES string of the molecule is Cc1cc2c(C#N)c(N)n(-c3c(C)ccc4[nH]ncc34)c2nc1OCC1(CN2CCN(C)CC2)CC1. The second-order valence-corrected chi connectivity index (χ2v) is 10.6. The highest BCUT2D eigenvalue weighted by Crippen LogP contribution is 2.47. The van der Waals surface area contributed by atoms with Gasteiger partial charge in [0.25, 0.3) is 0 Å². The van der Waals surface area contributed by atoms with Gasteiger partial charge in [-0.2, -0.15) is 15.3 Å². The van der Waals surface area contributed by atoms with E-state index in [2.05, 4.69) is 33.1 Å². The van der Waals surface area contributed by atoms with Gasteiger partial charge in [-0.25, -0.2) is 0 Å². The number of nitrogens with two attached hydrogens (primary N) is 1. The second-order valence-electron chi connectivity index (χ2n) is 10.6. The molecule has 6 rings (SSSR count). The van der Waals surface area contributed by atoms with Crippen LogP contribution >= 0.6 is 0 Å². The van der Waals surface area contributed by atoms with Crippen LogP contribution in [0, 0.1) is 30.6 Å². The molecule has 0 amide bonds. The van der Waals surface area contributed by atoms with Crippen LogP contribution in [-0.4, -0.2) is 75.9 Å². The van der Waals surface area contributed by atoms with Crippen LogP contribution in [0.5, 0.6) is 5.88 Å². The lowest BCUT2D eigenvalue weighted by Gasteiger charge is -2.34. The summed E-state index contributed by atoms with van der Waals surface area (Å²) in [6.07, 6.45) is 4.16. The maximum absolute atomic E-state index is 9.94. The van der Waals surface area contributed by atoms with E-state index in [-0.39, 0.29) is 5.41 Å². The molecule has 9 heteroatoms. The van der Waals surface area contributed by atoms with E-state index in [0.29, 0.717) is 29.5 Å². The van der Waals surface area contributed by atoms with E-state index in [1.54, 1.807) is 6.20 Å². The van der Waals surface area contributed by atoms with Crippen LogP contribution in [0.2, 0.25) is 0 Å². The number of likely N-dealkylation sites (N-methyl/N-ethyl adjacent to an activating group) is 1. The van der Waals surface area contributed by atoms with Gasteiger partial charge in [-0.15, -0.1) is 0 Å². The number of benzene rings is 1. The first-order valence-corrected chi connectivity index (χ1v) is 12.6. The zero-order valence-corrected chi connectivity index (χ0v) is 21.1. The molecule has 0 bridgehead atoms. The van der Waals surface area contributed by atoms with Crippen LogP contribution in [0.3, 0.4) is 0 Å². The van der Waals surface area contributed by atoms with Gasteiger partial charge in [0.15, 0.2) is 5.65 Å². The molecule has 36 heavy (non-hydrogen) atoms. The fourth-order valence-corrected chi connectivity index (χ4v) is 5.43. The normalized spacial score (nSPS) is 18.1. The average Bonchev–Trinajstić information content (AvgIpc) is 3.35. The van der Waals surface area contributed by atoms with Crippen LogP contribution < -0.4 is 10.5 Å². The van der Waals surface area contributed by atoms with Crippen LogP contribution in [0.15, 0.2) is 24.4 Å². The summed E-state index contributed by atoms with van der Waals surface area (Å²) < 4.78 is 8.29. The number of aryl methyl sites for hydroxylation is 2. The molecule has 1 aliphatic carbocycles. The molecule has 1 saturated heterocycles. The maximum Gasteiger partial charge on any atom is 0.218 e. The van der Waals surface area contributed by atoms with Crippen molar-refractivity contribution in [2.75, 3.05) is 52.1 Å². The lowest BCUT2D eigenvalue weighted by atomic mass is 10.1. The number of nitrogen functional groups attached to an aromatic ring is 1. The third-order valence-electron chi connectivity index (χ3n) is 7.88. The lowest BCUT2D eigenvalue weighted by molar-refractivity contribution is 0.108. The van der Waals surface area contributed by atoms with E-state index in [1.807, 2.05) is 36.6 Å². The number of hydrogen-bond acceptors (Lipinski definition) is 7. The van der Waals surface area contributed by atoms with E-state index >= 15 is 0 Å². The lowest BCUT2D eigenvalue weighted by Crippen LogP contribution is -2.47. The largest absolute Gasteiger partial charge is 0.477 e. The van der Waals surface area contributed by atoms with Gasteiger partial charge in [0, 0.05) is 54.5 Å². The average molecular weight is 485 g/mol. The van der Waals surface area contributed by atoms with Gasteiger partial charge in [-0.3, -0.25) is 9.67 Å². The molecule has 0 atom stereocenters. The molecule has 0 unspecified atom stereocenters. The van der Waals surface area contributed by atoms with Crippen molar-refractivity contribution in [3.05, 3.63) is 41.1 Å². The number of hydrogen-bond donors (Lipinski definition) is 2. The smallest absolute Gasteiger partial charge is 0.218 e. The summed E-state index contributed by atoms with van der Waals surface area (Å²) >= 11 is 0. The summed E-state index contributed by atoms with van der Waals surface area (Å²) in [6.45, 7) is 10.2. The van der Waals surface area contributed by atoms with Gasteiger partial charge in [0.1, 0.15) is 17.5 Å². The summed E-state index contributed by atoms with van der Waals surface area (Å²) in [7, 11) is 2.19. The molecule has 4 aromatic rings. The van der Waals surface area contributed by atoms with Crippen molar-refractivity contribution < 1.29 is 4.74 Å². The molecule has 2 fully saturated rings. The molecular formula is C27H32N8O. The number of nitrogens with one attached hydrogen (secondary N) is 1. The van der Waals surface area contributed by atoms with Crippen LogP contribution in [0.1, 0.15) is 29.5 Å². The van der Waals surface area contributed by atoms with Crippen molar-refractivity contribution in [2.45, 2.75) is 26.7 Å². The molecule has 1 aliphatic heterocycles. The molecular weight excluding hydrogens is 452 g/mol. The first-order valence-electron chi connectivity index (χ1n) is 12.6. The Morgan fingerprint density at radius 1 is 1.14 bits per heavy atom. The predicted octanol–water partition coefficient (Wildman–Crippen LogP) is 3.38. The molecule has 1 aromatic carbocycles. The van der Waals surface area contributed by atoms with E-state index in [1.165, 1.54) is 12.8 Å². The van der Waals surface area contributed by atoms with Gasteiger partial charge < -0.3 is 20.3 Å². The topological polar surface area (TPSA) is 112 Å². The van der Waals surface area contributed by atoms with Crippen molar-refractivity contribution >= 4 is 27.8 Å². The number of aromatic nitrogens is 4. The molecule has 3 N–H and O–H groups in total. The molecule has 0 radical (unpaired) electrons. The van der Waals surface area contributed by atoms with Gasteiger partial charge >= 0.3 is 0 Å². The summed E-state index contributed by atoms with van der Waals surface area (Å²) in [4.78, 5) is 9.91. The zero-order chi connectivity index (χ0) is 25.0. The Balaban J connectivity index is 1.36. The highest BCUT2D eigenvalue weighted by Gasteiger charge is 2.45. The minimum atomic E-state index is 0.205. The third-order valence-corrected chi connectivity index (χ3v) is 7.88. The first-order chi connectivity index (χ1) is 17.4. The van der Waals surface area contributed by atoms with Crippen molar-refractivity contribution in [3.8, 4) is 17.6 Å². The first kappa shape index (κ1) is 22.8. The third kappa shape index (κ3) is 3.77. The maximum atomic E-state index is 9.94. The minimum absolute atomic E-state index is 0.205. The number of piperazine rings is 1. The van der Waals surface area contributed by atoms with Gasteiger partial charge in [-0.1, -0.05) is 6.07 Å². The molecule has 0 spiro atoms. The van der Waals surface area contributed by atoms with Crippen LogP contribution in [0.4, 0.5) is 5.82 Å². The number of anilines is 1. The number of nitriles is 1. The summed E-state index contributed by atoms with van der Waals surface area (Å²) in [5.74, 6) is 0.981. The van der Waals surface area contributed by atoms with E-state index < -0.39 is 0 Å². The van der Waals surface area contributed by atoms with Crippen molar-refractivity contribution in [1.29, 1.82) is 5.26 Å². The Labute approximate surface area is 210 Å². The predicted molar refractivity (Wildman–Crippen MR) is 140 cm³/mol. The number of H-pyrrole nitrogens is 1. The fourth-order valence-electron chi connectivity index (χ4n) is 5.43. The number of rotatable bonds is 6. The van der Waals surface area contributed by atoms with Crippen LogP contribution in [-0.2, 0) is 0 Å². The quantitative estimate of drug-likeness (QED) is 0.431. The summed E-state index contributed by atoms with van der Waals surface area (Å²) in [6, 6.07) is 8.29. The van der Waals surface area contributed by atoms with E-state index in [4.69, 9.17) is 15.5 Å². The highest BCUT2D eigenvalue weighted by molar-refractivity contribution is 5.97. The molecule has 4 heterocycles. The Kier molecular flexibility index (Phi) is 5.39. The molecule has 3 aromatic heterocycles. The number of nitrogens with zero attached hydrogens (tertiary/aromatic N) is 6. The van der Waals surface area contributed by atoms with Gasteiger partial charge in [-0.05, 0) is 51.4 Å².